The number of rotatable bonds is 4. The van der Waals surface area contributed by atoms with E-state index in [1.165, 1.54) is 115 Å². The maximum absolute atomic E-state index is 2.43. The molecule has 2 nitrogen and oxygen atoms in total. The van der Waals surface area contributed by atoms with E-state index in [1.807, 2.05) is 0 Å². The minimum Gasteiger partial charge on any atom is -0.309 e. The summed E-state index contributed by atoms with van der Waals surface area (Å²) in [6.07, 6.45) is 0. The lowest BCUT2D eigenvalue weighted by Crippen LogP contribution is -1.95. The molecule has 10 aromatic carbocycles. The van der Waals surface area contributed by atoms with Gasteiger partial charge in [-0.1, -0.05) is 152 Å². The molecule has 0 N–H and O–H groups in total. The first-order valence-electron chi connectivity index (χ1n) is 20.1. The summed E-state index contributed by atoms with van der Waals surface area (Å²) >= 11 is 0. The zero-order valence-electron chi connectivity index (χ0n) is 31.5. The van der Waals surface area contributed by atoms with Crippen LogP contribution in [-0.2, 0) is 0 Å². The van der Waals surface area contributed by atoms with Gasteiger partial charge in [-0.05, 0) is 115 Å². The molecule has 0 saturated carbocycles. The van der Waals surface area contributed by atoms with Crippen molar-refractivity contribution in [2.75, 3.05) is 0 Å². The Morgan fingerprint density at radius 3 is 1.47 bits per heavy atom. The number of nitrogens with zero attached hydrogens (tertiary/aromatic N) is 2. The quantitative estimate of drug-likeness (QED) is 0.170. The molecule has 2 aromatic heterocycles. The minimum atomic E-state index is 1.16. The molecule has 0 saturated heterocycles. The Kier molecular flexibility index (Phi) is 6.47. The first kappa shape index (κ1) is 31.5. The van der Waals surface area contributed by atoms with Crippen molar-refractivity contribution in [3.05, 3.63) is 206 Å². The Bertz CT molecular complexity index is 3640. The van der Waals surface area contributed by atoms with E-state index >= 15 is 0 Å². The molecule has 268 valence electrons. The van der Waals surface area contributed by atoms with Gasteiger partial charge in [0, 0.05) is 32.6 Å². The fraction of sp³-hybridized carbons (Fsp3) is 0. The van der Waals surface area contributed by atoms with Crippen molar-refractivity contribution >= 4 is 65.2 Å². The Labute approximate surface area is 335 Å². The zero-order valence-corrected chi connectivity index (χ0v) is 31.5. The number of fused-ring (bicyclic) bond motifs is 10. The summed E-state index contributed by atoms with van der Waals surface area (Å²) in [6, 6.07) is 76.2. The molecule has 12 aromatic rings. The van der Waals surface area contributed by atoms with Gasteiger partial charge in [-0.2, -0.15) is 0 Å². The van der Waals surface area contributed by atoms with Crippen LogP contribution in [0.2, 0.25) is 0 Å². The molecule has 0 spiro atoms. The average molecular weight is 735 g/mol. The van der Waals surface area contributed by atoms with Crippen LogP contribution in [0.15, 0.2) is 206 Å². The number of aromatic nitrogens is 2. The van der Waals surface area contributed by atoms with Crippen molar-refractivity contribution in [1.29, 1.82) is 0 Å². The monoisotopic (exact) mass is 734 g/mol. The lowest BCUT2D eigenvalue weighted by atomic mass is 9.94. The number of hydrogen-bond donors (Lipinski definition) is 0. The van der Waals surface area contributed by atoms with Crippen molar-refractivity contribution in [3.63, 3.8) is 0 Å². The van der Waals surface area contributed by atoms with Gasteiger partial charge in [0.05, 0.1) is 27.8 Å². The van der Waals surface area contributed by atoms with Crippen LogP contribution in [0.1, 0.15) is 0 Å². The molecule has 1 aliphatic rings. The van der Waals surface area contributed by atoms with Gasteiger partial charge in [-0.15, -0.1) is 0 Å². The fourth-order valence-electron chi connectivity index (χ4n) is 10.1. The van der Waals surface area contributed by atoms with E-state index in [-0.39, 0.29) is 0 Å². The summed E-state index contributed by atoms with van der Waals surface area (Å²) in [7, 11) is 0. The second kappa shape index (κ2) is 11.9. The molecule has 2 heterocycles. The Morgan fingerprint density at radius 1 is 0.259 bits per heavy atom. The summed E-state index contributed by atoms with van der Waals surface area (Å²) in [4.78, 5) is 0. The van der Waals surface area contributed by atoms with E-state index < -0.39 is 0 Å². The zero-order chi connectivity index (χ0) is 37.9. The SMILES string of the molecule is c1ccc2c(c1)-c1cccc3c(-c4ccc(-n5c6ccccc6c6cc(-c7ccc8c(c7)c7ccccc7n8-c7cccc8ccccc78)ccc65)cc4)ccc-2c13. The highest BCUT2D eigenvalue weighted by Gasteiger charge is 2.23. The summed E-state index contributed by atoms with van der Waals surface area (Å²) < 4.78 is 4.85. The molecule has 0 bridgehead atoms. The van der Waals surface area contributed by atoms with Crippen molar-refractivity contribution in [3.8, 4) is 55.9 Å². The molecule has 0 unspecified atom stereocenters. The van der Waals surface area contributed by atoms with Crippen LogP contribution < -0.4 is 0 Å². The molecular formula is C56H34N2. The van der Waals surface area contributed by atoms with Gasteiger partial charge >= 0.3 is 0 Å². The highest BCUT2D eigenvalue weighted by Crippen LogP contribution is 2.49. The van der Waals surface area contributed by atoms with Gasteiger partial charge in [0.25, 0.3) is 0 Å². The predicted octanol–water partition coefficient (Wildman–Crippen LogP) is 15.2. The molecule has 13 rings (SSSR count). The third kappa shape index (κ3) is 4.37. The number of hydrogen-bond acceptors (Lipinski definition) is 0. The molecule has 0 atom stereocenters. The van der Waals surface area contributed by atoms with E-state index in [0.29, 0.717) is 0 Å². The first-order valence-corrected chi connectivity index (χ1v) is 20.1. The Morgan fingerprint density at radius 2 is 0.741 bits per heavy atom. The molecule has 58 heavy (non-hydrogen) atoms. The molecule has 0 fully saturated rings. The Hall–Kier alpha value is -7.68. The Balaban J connectivity index is 0.925. The van der Waals surface area contributed by atoms with Gasteiger partial charge in [-0.25, -0.2) is 0 Å². The second-order valence-corrected chi connectivity index (χ2v) is 15.6. The standard InChI is InChI=1S/C56H34N2/c1-2-13-41-35(11-1)12-9-22-51(41)58-53-21-8-6-17-45(53)50-34-38(26-32-55(50)58)37-25-31-54-49(33-37)44-16-5-7-20-52(44)57(54)39-27-23-36(24-28-39)40-29-30-48-43-15-4-3-14-42(43)47-19-10-18-46(40)56(47)48/h1-34H. The third-order valence-corrected chi connectivity index (χ3v) is 12.7. The van der Waals surface area contributed by atoms with E-state index in [2.05, 4.69) is 215 Å². The van der Waals surface area contributed by atoms with Gasteiger partial charge < -0.3 is 9.13 Å². The maximum atomic E-state index is 2.43. The van der Waals surface area contributed by atoms with Crippen LogP contribution >= 0.6 is 0 Å². The smallest absolute Gasteiger partial charge is 0.0541 e. The molecule has 2 heteroatoms. The predicted molar refractivity (Wildman–Crippen MR) is 245 cm³/mol. The van der Waals surface area contributed by atoms with E-state index in [1.54, 1.807) is 0 Å². The molecule has 0 radical (unpaired) electrons. The highest BCUT2D eigenvalue weighted by molar-refractivity contribution is 6.19. The number of para-hydroxylation sites is 2. The fourth-order valence-corrected chi connectivity index (χ4v) is 10.1. The summed E-state index contributed by atoms with van der Waals surface area (Å²) in [6.45, 7) is 0. The summed E-state index contributed by atoms with van der Waals surface area (Å²) in [5.41, 5.74) is 17.4. The van der Waals surface area contributed by atoms with Crippen LogP contribution in [0.4, 0.5) is 0 Å². The maximum Gasteiger partial charge on any atom is 0.0541 e. The minimum absolute atomic E-state index is 1.16. The van der Waals surface area contributed by atoms with Crippen LogP contribution in [0.25, 0.3) is 121 Å². The van der Waals surface area contributed by atoms with Crippen molar-refractivity contribution < 1.29 is 0 Å². The van der Waals surface area contributed by atoms with Crippen molar-refractivity contribution in [2.24, 2.45) is 0 Å². The number of benzene rings is 10. The van der Waals surface area contributed by atoms with Crippen LogP contribution in [0.5, 0.6) is 0 Å². The summed E-state index contributed by atoms with van der Waals surface area (Å²) in [5, 5.41) is 10.2. The average Bonchev–Trinajstić information content (AvgIpc) is 3.92. The van der Waals surface area contributed by atoms with Crippen LogP contribution in [-0.4, -0.2) is 9.13 Å². The second-order valence-electron chi connectivity index (χ2n) is 15.6. The van der Waals surface area contributed by atoms with Gasteiger partial charge in [0.2, 0.25) is 0 Å². The molecular weight excluding hydrogens is 701 g/mol. The van der Waals surface area contributed by atoms with Crippen LogP contribution in [0, 0.1) is 0 Å². The van der Waals surface area contributed by atoms with E-state index in [4.69, 9.17) is 0 Å². The lowest BCUT2D eigenvalue weighted by molar-refractivity contribution is 1.18. The first-order chi connectivity index (χ1) is 28.8. The van der Waals surface area contributed by atoms with Crippen molar-refractivity contribution in [2.45, 2.75) is 0 Å². The highest BCUT2D eigenvalue weighted by atomic mass is 15.0. The third-order valence-electron chi connectivity index (χ3n) is 12.7. The molecule has 1 aliphatic carbocycles. The van der Waals surface area contributed by atoms with Gasteiger partial charge in [0.15, 0.2) is 0 Å². The van der Waals surface area contributed by atoms with E-state index in [0.717, 1.165) is 5.69 Å². The normalized spacial score (nSPS) is 12.1. The lowest BCUT2D eigenvalue weighted by Gasteiger charge is -2.12. The molecule has 0 amide bonds. The van der Waals surface area contributed by atoms with E-state index in [9.17, 15) is 0 Å². The van der Waals surface area contributed by atoms with Crippen molar-refractivity contribution in [1.82, 2.24) is 9.13 Å². The molecule has 0 aliphatic heterocycles. The van der Waals surface area contributed by atoms with Gasteiger partial charge in [0.1, 0.15) is 0 Å². The van der Waals surface area contributed by atoms with Gasteiger partial charge in [-0.3, -0.25) is 0 Å². The summed E-state index contributed by atoms with van der Waals surface area (Å²) in [5.74, 6) is 0. The largest absolute Gasteiger partial charge is 0.309 e. The van der Waals surface area contributed by atoms with Crippen LogP contribution in [0.3, 0.4) is 0 Å². The topological polar surface area (TPSA) is 9.86 Å².